The zero-order valence-corrected chi connectivity index (χ0v) is 62.6. The van der Waals surface area contributed by atoms with Crippen LogP contribution in [0.25, 0.3) is 42.9 Å². The lowest BCUT2D eigenvalue weighted by molar-refractivity contribution is 0.170. The highest BCUT2D eigenvalue weighted by Crippen LogP contribution is 2.36. The number of hydrogen-bond donors (Lipinski definition) is 2. The van der Waals surface area contributed by atoms with Gasteiger partial charge < -0.3 is 23.9 Å². The van der Waals surface area contributed by atoms with Gasteiger partial charge in [0.05, 0.1) is 5.69 Å². The van der Waals surface area contributed by atoms with E-state index in [0.717, 1.165) is 28.5 Å². The smallest absolute Gasteiger partial charge is 0.260 e. The maximum absolute atomic E-state index is 5.73. The molecule has 10 heteroatoms. The quantitative estimate of drug-likeness (QED) is 0.155. The Morgan fingerprint density at radius 3 is 1.51 bits per heavy atom. The second-order valence-electron chi connectivity index (χ2n) is 32.4. The van der Waals surface area contributed by atoms with Gasteiger partial charge in [-0.3, -0.25) is 15.0 Å². The van der Waals surface area contributed by atoms with Crippen LogP contribution in [0, 0.1) is 0 Å². The first-order chi connectivity index (χ1) is 44.2. The fraction of sp³-hybridized carbons (Fsp3) is 0.388. The molecule has 0 saturated carbocycles. The first kappa shape index (κ1) is 75.7. The summed E-state index contributed by atoms with van der Waals surface area (Å²) in [6.45, 7) is 52.9. The molecule has 13 rings (SSSR count). The third kappa shape index (κ3) is 23.5. The van der Waals surface area contributed by atoms with Gasteiger partial charge in [0.2, 0.25) is 6.79 Å². The van der Waals surface area contributed by atoms with E-state index in [1.807, 2.05) is 84.7 Å². The fourth-order valence-corrected chi connectivity index (χ4v) is 10.7. The van der Waals surface area contributed by atoms with Crippen LogP contribution in [-0.4, -0.2) is 36.7 Å². The van der Waals surface area contributed by atoms with Crippen molar-refractivity contribution in [1.29, 1.82) is 0 Å². The molecule has 0 saturated heterocycles. The number of furan rings is 1. The zero-order valence-electron chi connectivity index (χ0n) is 61.8. The van der Waals surface area contributed by atoms with E-state index < -0.39 is 0 Å². The number of aromatic nitrogens is 6. The first-order valence-electron chi connectivity index (χ1n) is 33.3. The molecular weight excluding hydrogens is 1190 g/mol. The van der Waals surface area contributed by atoms with Crippen molar-refractivity contribution in [2.75, 3.05) is 6.79 Å². The van der Waals surface area contributed by atoms with E-state index in [4.69, 9.17) is 13.9 Å². The van der Waals surface area contributed by atoms with Crippen LogP contribution in [0.1, 0.15) is 211 Å². The van der Waals surface area contributed by atoms with Crippen molar-refractivity contribution in [2.45, 2.75) is 209 Å². The number of benzene rings is 4. The van der Waals surface area contributed by atoms with Crippen LogP contribution >= 0.6 is 11.3 Å². The fourth-order valence-electron chi connectivity index (χ4n) is 9.54. The number of aromatic amines is 2. The third-order valence-corrected chi connectivity index (χ3v) is 17.1. The number of nitrogens with one attached hydrogen (secondary N) is 2. The molecule has 0 amide bonds. The van der Waals surface area contributed by atoms with Gasteiger partial charge in [-0.1, -0.05) is 251 Å². The SMILES string of the molecule is CC(C)(C)c1c[nH]c2ccccc12.CC(C)(C)c1cc2ccccc2[nH]1.CC(C)(C)c1cc2ccccc2o1.CC(C)(C)c1cc2ccccc2s1.CC(C)(C)c1ccc2c(n1)OCO2.CC(C)(C)c1ccccn1.CC(C)(C)c1cccnc1.CC(C)(C)c1ccncc1. The number of rotatable bonds is 0. The Labute approximate surface area is 574 Å². The number of pyridine rings is 4. The van der Waals surface area contributed by atoms with E-state index in [1.54, 1.807) is 6.20 Å². The molecule has 9 heterocycles. The molecule has 0 atom stereocenters. The maximum atomic E-state index is 5.73. The summed E-state index contributed by atoms with van der Waals surface area (Å²) in [6.07, 6.45) is 11.3. The Kier molecular flexibility index (Phi) is 25.4. The Balaban J connectivity index is 0.000000172. The summed E-state index contributed by atoms with van der Waals surface area (Å²) in [7, 11) is 0. The molecule has 4 aromatic carbocycles. The summed E-state index contributed by atoms with van der Waals surface area (Å²) in [5.41, 5.74) is 12.5. The number of hydrogen-bond acceptors (Lipinski definition) is 8. The van der Waals surface area contributed by atoms with Gasteiger partial charge in [-0.15, -0.1) is 11.3 Å². The van der Waals surface area contributed by atoms with Gasteiger partial charge in [0, 0.05) is 102 Å². The molecule has 0 bridgehead atoms. The minimum absolute atomic E-state index is 0.0565. The summed E-state index contributed by atoms with van der Waals surface area (Å²) < 4.78 is 17.5. The standard InChI is InChI=1S/2C12H15N.C12H14O.C12H14S.C10H13NO2.3C9H13N/c1-12(2,3)10-8-13-11-7-5-4-6-9(10)11;3*1-12(2,3)11-8-9-6-4-5-7-10(9)13-11;1-10(2,3)8-5-4-7-9(11-8)13-6-12-7;1-9(2,3)8-4-6-10-7-5-8;1-9(2,3)8-5-4-6-10-7-8;1-9(2,3)8-6-4-5-7-10-8/h2*4-8,13H,1-3H3;2*4-8H,1-3H3;4-5H,6H2,1-3H3;3*4-7H,1-3H3. The van der Waals surface area contributed by atoms with Crippen LogP contribution < -0.4 is 9.47 Å². The van der Waals surface area contributed by atoms with Crippen LogP contribution in [0.3, 0.4) is 0 Å². The van der Waals surface area contributed by atoms with E-state index >= 15 is 0 Å². The van der Waals surface area contributed by atoms with E-state index in [9.17, 15) is 0 Å². The van der Waals surface area contributed by atoms with Crippen LogP contribution in [-0.2, 0) is 43.3 Å². The molecule has 95 heavy (non-hydrogen) atoms. The van der Waals surface area contributed by atoms with E-state index in [0.29, 0.717) is 5.88 Å². The van der Waals surface area contributed by atoms with Gasteiger partial charge in [-0.25, -0.2) is 4.98 Å². The van der Waals surface area contributed by atoms with Crippen molar-refractivity contribution in [1.82, 2.24) is 29.9 Å². The molecule has 0 fully saturated rings. The summed E-state index contributed by atoms with van der Waals surface area (Å²) in [4.78, 5) is 24.8. The number of H-pyrrole nitrogens is 2. The molecular formula is C85H110N6O3S. The highest BCUT2D eigenvalue weighted by Gasteiger charge is 2.23. The van der Waals surface area contributed by atoms with Crippen molar-refractivity contribution in [2.24, 2.45) is 0 Å². The minimum atomic E-state index is 0.0565. The van der Waals surface area contributed by atoms with Crippen LogP contribution in [0.2, 0.25) is 0 Å². The molecule has 0 spiro atoms. The number of nitrogens with zero attached hydrogens (tertiary/aromatic N) is 4. The van der Waals surface area contributed by atoms with Gasteiger partial charge in [0.25, 0.3) is 5.88 Å². The van der Waals surface area contributed by atoms with Crippen molar-refractivity contribution in [3.05, 3.63) is 251 Å². The molecule has 2 N–H and O–H groups in total. The predicted octanol–water partition coefficient (Wildman–Crippen LogP) is 24.1. The Morgan fingerprint density at radius 2 is 1.00 bits per heavy atom. The van der Waals surface area contributed by atoms with Crippen molar-refractivity contribution in [3.63, 3.8) is 0 Å². The number of thiophene rings is 1. The molecule has 0 aliphatic carbocycles. The second-order valence-corrected chi connectivity index (χ2v) is 33.5. The molecule has 1 aliphatic rings. The van der Waals surface area contributed by atoms with E-state index in [1.165, 1.54) is 64.5 Å². The Bertz CT molecular complexity index is 3800. The van der Waals surface area contributed by atoms with Gasteiger partial charge in [-0.05, 0) is 134 Å². The zero-order chi connectivity index (χ0) is 70.2. The van der Waals surface area contributed by atoms with E-state index in [-0.39, 0.29) is 50.1 Å². The third-order valence-electron chi connectivity index (χ3n) is 15.6. The van der Waals surface area contributed by atoms with Crippen molar-refractivity contribution >= 4 is 54.2 Å². The first-order valence-corrected chi connectivity index (χ1v) is 34.1. The lowest BCUT2D eigenvalue weighted by Crippen LogP contribution is -2.13. The molecule has 1 aliphatic heterocycles. The summed E-state index contributed by atoms with van der Waals surface area (Å²) in [5.74, 6) is 2.41. The van der Waals surface area contributed by atoms with Gasteiger partial charge >= 0.3 is 0 Å². The van der Waals surface area contributed by atoms with Crippen LogP contribution in [0.5, 0.6) is 11.6 Å². The monoisotopic (exact) mass is 1290 g/mol. The maximum Gasteiger partial charge on any atom is 0.260 e. The average Bonchev–Trinajstić information content (AvgIpc) is 1.73. The number of para-hydroxylation sites is 3. The van der Waals surface area contributed by atoms with Crippen LogP contribution in [0.4, 0.5) is 0 Å². The lowest BCUT2D eigenvalue weighted by Gasteiger charge is -2.17. The normalized spacial score (nSPS) is 12.3. The molecule has 8 aromatic heterocycles. The largest absolute Gasteiger partial charge is 0.461 e. The predicted molar refractivity (Wildman–Crippen MR) is 407 cm³/mol. The highest BCUT2D eigenvalue weighted by molar-refractivity contribution is 7.19. The molecule has 9 nitrogen and oxygen atoms in total. The van der Waals surface area contributed by atoms with E-state index in [2.05, 4.69) is 324 Å². The lowest BCUT2D eigenvalue weighted by atomic mass is 9.87. The molecule has 0 radical (unpaired) electrons. The Hall–Kier alpha value is -8.34. The Morgan fingerprint density at radius 1 is 0.411 bits per heavy atom. The summed E-state index contributed by atoms with van der Waals surface area (Å²) in [6, 6.07) is 58.3. The van der Waals surface area contributed by atoms with Crippen molar-refractivity contribution in [3.8, 4) is 11.6 Å². The second kappa shape index (κ2) is 31.9. The van der Waals surface area contributed by atoms with Gasteiger partial charge in [0.1, 0.15) is 11.3 Å². The van der Waals surface area contributed by atoms with Crippen molar-refractivity contribution < 1.29 is 13.9 Å². The minimum Gasteiger partial charge on any atom is -0.461 e. The topological polar surface area (TPSA) is 115 Å². The summed E-state index contributed by atoms with van der Waals surface area (Å²) in [5, 5.41) is 5.20. The molecule has 0 unspecified atom stereocenters. The highest BCUT2D eigenvalue weighted by atomic mass is 32.1. The summed E-state index contributed by atoms with van der Waals surface area (Å²) >= 11 is 1.90. The number of fused-ring (bicyclic) bond motifs is 5. The number of ether oxygens (including phenoxy) is 2. The van der Waals surface area contributed by atoms with Gasteiger partial charge in [0.15, 0.2) is 5.75 Å². The van der Waals surface area contributed by atoms with Crippen LogP contribution in [0.15, 0.2) is 211 Å². The van der Waals surface area contributed by atoms with Gasteiger partial charge in [-0.2, -0.15) is 0 Å². The molecule has 12 aromatic rings. The molecule has 504 valence electrons. The average molecular weight is 1300 g/mol.